The molecule has 9 nitrogen and oxygen atoms in total. The molecule has 1 amide bonds. The van der Waals surface area contributed by atoms with E-state index in [2.05, 4.69) is 27.3 Å². The van der Waals surface area contributed by atoms with Crippen LogP contribution in [0.1, 0.15) is 73.2 Å². The highest BCUT2D eigenvalue weighted by molar-refractivity contribution is 6.31. The van der Waals surface area contributed by atoms with Crippen molar-refractivity contribution in [3.63, 3.8) is 0 Å². The van der Waals surface area contributed by atoms with Gasteiger partial charge in [0.1, 0.15) is 0 Å². The maximum absolute atomic E-state index is 11.2. The lowest BCUT2D eigenvalue weighted by Crippen LogP contribution is -2.18. The first kappa shape index (κ1) is 27.0. The van der Waals surface area contributed by atoms with Crippen LogP contribution in [0.25, 0.3) is 10.4 Å². The second kappa shape index (κ2) is 13.4. The highest BCUT2D eigenvalue weighted by Gasteiger charge is 2.23. The van der Waals surface area contributed by atoms with Crippen molar-refractivity contribution in [3.8, 4) is 0 Å². The molecule has 0 saturated heterocycles. The van der Waals surface area contributed by atoms with Crippen molar-refractivity contribution in [2.75, 3.05) is 5.73 Å². The third-order valence-electron chi connectivity index (χ3n) is 5.10. The highest BCUT2D eigenvalue weighted by Crippen LogP contribution is 2.31. The van der Waals surface area contributed by atoms with Crippen LogP contribution in [0.15, 0.2) is 53.6 Å². The van der Waals surface area contributed by atoms with E-state index in [0.29, 0.717) is 10.0 Å². The number of benzene rings is 2. The van der Waals surface area contributed by atoms with E-state index in [9.17, 15) is 4.79 Å². The van der Waals surface area contributed by atoms with Crippen molar-refractivity contribution < 1.29 is 4.79 Å². The summed E-state index contributed by atoms with van der Waals surface area (Å²) in [6.45, 7) is 4.10. The number of primary amides is 1. The van der Waals surface area contributed by atoms with E-state index in [4.69, 9.17) is 40.2 Å². The average molecular weight is 503 g/mol. The third kappa shape index (κ3) is 6.87. The summed E-state index contributed by atoms with van der Waals surface area (Å²) in [6, 6.07) is 14.6. The minimum absolute atomic E-state index is 0.0156. The van der Waals surface area contributed by atoms with Crippen LogP contribution in [0, 0.1) is 0 Å². The van der Waals surface area contributed by atoms with E-state index in [1.165, 1.54) is 4.68 Å². The van der Waals surface area contributed by atoms with Gasteiger partial charge in [0, 0.05) is 15.0 Å². The first-order valence-corrected chi connectivity index (χ1v) is 11.6. The van der Waals surface area contributed by atoms with Gasteiger partial charge >= 0.3 is 0 Å². The van der Waals surface area contributed by atoms with Gasteiger partial charge < -0.3 is 11.5 Å². The molecule has 180 valence electrons. The Labute approximate surface area is 208 Å². The first-order valence-electron chi connectivity index (χ1n) is 10.9. The third-order valence-corrected chi connectivity index (χ3v) is 5.79. The standard InChI is InChI=1S/C13H16ClN5O.C10H12ClN3/c1-2-5-10(8-6-3-4-7-9(8)14)19-12(15)11(13(16)20)17-18-19;1-2-5-10(13-14-12)8-6-3-4-7-9(8)11/h3-4,6-7,10H,2,5,15H2,1H3,(H2,16,20);3-4,6-7,10H,2,5H2,1H3. The van der Waals surface area contributed by atoms with Gasteiger partial charge in [0.15, 0.2) is 11.5 Å². The molecule has 0 aliphatic carbocycles. The van der Waals surface area contributed by atoms with Crippen molar-refractivity contribution in [2.45, 2.75) is 51.6 Å². The number of carbonyl (C=O) groups is 1. The average Bonchev–Trinajstić information content (AvgIpc) is 3.20. The first-order chi connectivity index (χ1) is 16.3. The largest absolute Gasteiger partial charge is 0.382 e. The SMILES string of the molecule is CCCC(N=[N+]=[N-])c1ccccc1Cl.CCCC(c1ccccc1Cl)n1nnc(C(N)=O)c1N. The smallest absolute Gasteiger partial charge is 0.273 e. The molecule has 0 aliphatic heterocycles. The molecule has 34 heavy (non-hydrogen) atoms. The summed E-state index contributed by atoms with van der Waals surface area (Å²) in [7, 11) is 0. The second-order valence-corrected chi connectivity index (χ2v) is 8.30. The number of azide groups is 1. The molecule has 4 N–H and O–H groups in total. The fourth-order valence-electron chi connectivity index (χ4n) is 3.49. The van der Waals surface area contributed by atoms with E-state index in [1.54, 1.807) is 0 Å². The predicted octanol–water partition coefficient (Wildman–Crippen LogP) is 6.49. The Bertz CT molecular complexity index is 1140. The summed E-state index contributed by atoms with van der Waals surface area (Å²) in [4.78, 5) is 14.1. The zero-order valence-corrected chi connectivity index (χ0v) is 20.6. The van der Waals surface area contributed by atoms with Gasteiger partial charge in [0.25, 0.3) is 5.91 Å². The number of halogens is 2. The molecule has 0 aliphatic rings. The molecular weight excluding hydrogens is 475 g/mol. The van der Waals surface area contributed by atoms with Gasteiger partial charge in [-0.15, -0.1) is 5.10 Å². The summed E-state index contributed by atoms with van der Waals surface area (Å²) < 4.78 is 1.50. The number of anilines is 1. The number of hydrogen-bond donors (Lipinski definition) is 2. The van der Waals surface area contributed by atoms with Crippen molar-refractivity contribution in [3.05, 3.63) is 85.8 Å². The van der Waals surface area contributed by atoms with Gasteiger partial charge in [0.2, 0.25) is 0 Å². The number of rotatable bonds is 9. The zero-order valence-electron chi connectivity index (χ0n) is 19.1. The molecule has 1 aromatic heterocycles. The lowest BCUT2D eigenvalue weighted by atomic mass is 10.0. The Hall–Kier alpha value is -3.26. The van der Waals surface area contributed by atoms with Gasteiger partial charge in [-0.25, -0.2) is 4.68 Å². The molecule has 1 heterocycles. The lowest BCUT2D eigenvalue weighted by molar-refractivity contribution is 0.0996. The number of hydrogen-bond acceptors (Lipinski definition) is 5. The minimum Gasteiger partial charge on any atom is -0.382 e. The number of carbonyl (C=O) groups excluding carboxylic acids is 1. The molecule has 11 heteroatoms. The molecule has 0 bridgehead atoms. The maximum Gasteiger partial charge on any atom is 0.273 e. The molecule has 2 atom stereocenters. The predicted molar refractivity (Wildman–Crippen MR) is 136 cm³/mol. The number of amides is 1. The number of nitrogen functional groups attached to an aromatic ring is 1. The summed E-state index contributed by atoms with van der Waals surface area (Å²) in [6.07, 6.45) is 3.47. The van der Waals surface area contributed by atoms with Crippen LogP contribution in [0.3, 0.4) is 0 Å². The quantitative estimate of drug-likeness (QED) is 0.195. The van der Waals surface area contributed by atoms with Crippen LogP contribution in [-0.2, 0) is 0 Å². The van der Waals surface area contributed by atoms with Crippen LogP contribution in [0.5, 0.6) is 0 Å². The van der Waals surface area contributed by atoms with Crippen molar-refractivity contribution in [1.82, 2.24) is 15.0 Å². The molecule has 0 saturated carbocycles. The van der Waals surface area contributed by atoms with Crippen LogP contribution in [0.4, 0.5) is 5.82 Å². The Morgan fingerprint density at radius 3 is 2.09 bits per heavy atom. The maximum atomic E-state index is 11.2. The molecule has 2 unspecified atom stereocenters. The fraction of sp³-hybridized carbons (Fsp3) is 0.348. The molecule has 0 radical (unpaired) electrons. The molecular formula is C23H28Cl2N8O. The number of aromatic nitrogens is 3. The second-order valence-electron chi connectivity index (χ2n) is 7.49. The Balaban J connectivity index is 0.000000257. The summed E-state index contributed by atoms with van der Waals surface area (Å²) in [5.74, 6) is -0.529. The van der Waals surface area contributed by atoms with E-state index < -0.39 is 5.91 Å². The van der Waals surface area contributed by atoms with Gasteiger partial charge in [-0.05, 0) is 41.6 Å². The monoisotopic (exact) mass is 502 g/mol. The van der Waals surface area contributed by atoms with Gasteiger partial charge in [-0.2, -0.15) is 0 Å². The highest BCUT2D eigenvalue weighted by atomic mass is 35.5. The van der Waals surface area contributed by atoms with E-state index >= 15 is 0 Å². The molecule has 3 aromatic rings. The van der Waals surface area contributed by atoms with Crippen molar-refractivity contribution >= 4 is 34.9 Å². The zero-order chi connectivity index (χ0) is 25.1. The van der Waals surface area contributed by atoms with Crippen LogP contribution in [-0.4, -0.2) is 20.9 Å². The Morgan fingerprint density at radius 1 is 1.06 bits per heavy atom. The molecule has 0 fully saturated rings. The molecule has 3 rings (SSSR count). The van der Waals surface area contributed by atoms with Gasteiger partial charge in [-0.3, -0.25) is 4.79 Å². The Kier molecular flexibility index (Phi) is 10.7. The number of nitrogens with two attached hydrogens (primary N) is 2. The van der Waals surface area contributed by atoms with E-state index in [1.807, 2.05) is 55.5 Å². The summed E-state index contributed by atoms with van der Waals surface area (Å²) >= 11 is 12.2. The summed E-state index contributed by atoms with van der Waals surface area (Å²) in [5.41, 5.74) is 21.3. The van der Waals surface area contributed by atoms with Crippen LogP contribution < -0.4 is 11.5 Å². The fourth-order valence-corrected chi connectivity index (χ4v) is 4.01. The minimum atomic E-state index is -0.692. The topological polar surface area (TPSA) is 149 Å². The molecule has 0 spiro atoms. The van der Waals surface area contributed by atoms with Gasteiger partial charge in [-0.1, -0.05) is 96.6 Å². The normalized spacial score (nSPS) is 12.1. The van der Waals surface area contributed by atoms with Crippen molar-refractivity contribution in [1.29, 1.82) is 0 Å². The summed E-state index contributed by atoms with van der Waals surface area (Å²) in [5, 5.41) is 12.7. The lowest BCUT2D eigenvalue weighted by Gasteiger charge is -2.19. The van der Waals surface area contributed by atoms with Crippen LogP contribution in [0.2, 0.25) is 10.0 Å². The Morgan fingerprint density at radius 2 is 1.62 bits per heavy atom. The van der Waals surface area contributed by atoms with Crippen molar-refractivity contribution in [2.24, 2.45) is 10.8 Å². The molecule has 2 aromatic carbocycles. The van der Waals surface area contributed by atoms with E-state index in [-0.39, 0.29) is 23.6 Å². The van der Waals surface area contributed by atoms with Gasteiger partial charge in [0.05, 0.1) is 12.1 Å². The number of nitrogens with zero attached hydrogens (tertiary/aromatic N) is 6. The van der Waals surface area contributed by atoms with E-state index in [0.717, 1.165) is 36.8 Å². The van der Waals surface area contributed by atoms with Crippen LogP contribution >= 0.6 is 23.2 Å².